The molecule has 0 aliphatic rings. The van der Waals surface area contributed by atoms with Crippen molar-refractivity contribution >= 4 is 65.7 Å². The van der Waals surface area contributed by atoms with Crippen molar-refractivity contribution in [2.45, 2.75) is 0 Å². The summed E-state index contributed by atoms with van der Waals surface area (Å²) in [4.78, 5) is 14.4. The second kappa shape index (κ2) is 10.7. The van der Waals surface area contributed by atoms with E-state index in [9.17, 15) is 0 Å². The average Bonchev–Trinajstić information content (AvgIpc) is 3.90. The topological polar surface area (TPSA) is 69.9 Å². The molecule has 0 radical (unpaired) electrons. The Balaban J connectivity index is 1.10. The molecule has 0 saturated heterocycles. The third kappa shape index (κ3) is 4.33. The van der Waals surface area contributed by atoms with E-state index >= 15 is 0 Å². The highest BCUT2D eigenvalue weighted by Crippen LogP contribution is 2.37. The zero-order chi connectivity index (χ0) is 37.8. The molecule has 0 amide bonds. The molecule has 11 aromatic rings. The van der Waals surface area contributed by atoms with E-state index < -0.39 is 30.2 Å². The minimum atomic E-state index is -0.492. The van der Waals surface area contributed by atoms with Crippen molar-refractivity contribution in [3.8, 4) is 39.9 Å². The van der Waals surface area contributed by atoms with Crippen molar-refractivity contribution in [2.24, 2.45) is 0 Å². The summed E-state index contributed by atoms with van der Waals surface area (Å²) in [6, 6.07) is 39.8. The standard InChI is InChI=1S/C45H26N4O2/c1-2-10-27(11-3-1)43-46-44(28-18-22-40-35(24-28)33-14-6-9-17-39(33)50-40)48-45(47-43)29-19-23-41-36(25-29)34-21-20-30(26-42(34)51-41)49-37-15-7-4-12-31(37)32-13-5-8-16-38(32)49/h1-26H/i1D,2D,3D,10D,11D. The smallest absolute Gasteiger partial charge is 0.164 e. The van der Waals surface area contributed by atoms with Gasteiger partial charge in [-0.15, -0.1) is 0 Å². The van der Waals surface area contributed by atoms with Crippen LogP contribution in [0.3, 0.4) is 0 Å². The molecule has 0 atom stereocenters. The molecule has 6 heteroatoms. The molecule has 11 rings (SSSR count). The van der Waals surface area contributed by atoms with Crippen molar-refractivity contribution in [2.75, 3.05) is 0 Å². The lowest BCUT2D eigenvalue weighted by atomic mass is 10.1. The summed E-state index contributed by atoms with van der Waals surface area (Å²) in [5, 5.41) is 5.91. The third-order valence-electron chi connectivity index (χ3n) is 9.55. The number of rotatable bonds is 4. The van der Waals surface area contributed by atoms with Gasteiger partial charge in [0, 0.05) is 60.8 Å². The van der Waals surface area contributed by atoms with Gasteiger partial charge in [0.05, 0.1) is 17.9 Å². The second-order valence-electron chi connectivity index (χ2n) is 12.5. The first-order valence-electron chi connectivity index (χ1n) is 19.0. The summed E-state index contributed by atoms with van der Waals surface area (Å²) in [6.07, 6.45) is 0. The molecule has 0 N–H and O–H groups in total. The molecule has 0 saturated carbocycles. The number of furan rings is 2. The summed E-state index contributed by atoms with van der Waals surface area (Å²) in [5.41, 5.74) is 7.21. The van der Waals surface area contributed by atoms with Crippen LogP contribution in [0.15, 0.2) is 166 Å². The fraction of sp³-hybridized carbons (Fsp3) is 0. The molecular formula is C45H26N4O2. The lowest BCUT2D eigenvalue weighted by Crippen LogP contribution is -2.00. The van der Waals surface area contributed by atoms with Crippen LogP contribution in [0.1, 0.15) is 6.85 Å². The van der Waals surface area contributed by atoms with E-state index in [1.165, 1.54) is 10.8 Å². The van der Waals surface area contributed by atoms with Gasteiger partial charge in [-0.05, 0) is 66.7 Å². The molecule has 4 aromatic heterocycles. The Bertz CT molecular complexity index is 3380. The van der Waals surface area contributed by atoms with Crippen LogP contribution in [0, 0.1) is 0 Å². The van der Waals surface area contributed by atoms with Crippen molar-refractivity contribution in [1.82, 2.24) is 19.5 Å². The van der Waals surface area contributed by atoms with Crippen LogP contribution in [0.2, 0.25) is 0 Å². The number of aromatic nitrogens is 4. The third-order valence-corrected chi connectivity index (χ3v) is 9.55. The van der Waals surface area contributed by atoms with E-state index in [0.717, 1.165) is 43.8 Å². The van der Waals surface area contributed by atoms with Crippen molar-refractivity contribution in [1.29, 1.82) is 0 Å². The SMILES string of the molecule is [2H]c1c([2H])c([2H])c(-c2nc(-c3ccc4oc5ccccc5c4c3)nc(-c3ccc4oc5cc(-n6c7ccccc7c7ccccc76)ccc5c4c3)n2)c([2H])c1[2H]. The van der Waals surface area contributed by atoms with Gasteiger partial charge in [0.25, 0.3) is 0 Å². The first kappa shape index (κ1) is 23.3. The number of hydrogen-bond acceptors (Lipinski definition) is 5. The molecule has 0 spiro atoms. The quantitative estimate of drug-likeness (QED) is 0.188. The first-order chi connectivity index (χ1) is 27.3. The van der Waals surface area contributed by atoms with Crippen LogP contribution in [-0.2, 0) is 0 Å². The zero-order valence-electron chi connectivity index (χ0n) is 31.7. The number of nitrogens with zero attached hydrogens (tertiary/aromatic N) is 4. The fourth-order valence-electron chi connectivity index (χ4n) is 7.22. The fourth-order valence-corrected chi connectivity index (χ4v) is 7.22. The number of hydrogen-bond donors (Lipinski definition) is 0. The van der Waals surface area contributed by atoms with Gasteiger partial charge in [0.2, 0.25) is 0 Å². The van der Waals surface area contributed by atoms with Crippen molar-refractivity contribution in [3.63, 3.8) is 0 Å². The minimum absolute atomic E-state index is 0.0351. The zero-order valence-corrected chi connectivity index (χ0v) is 26.7. The Hall–Kier alpha value is -7.05. The lowest BCUT2D eigenvalue weighted by Gasteiger charge is -2.09. The minimum Gasteiger partial charge on any atom is -0.456 e. The van der Waals surface area contributed by atoms with Gasteiger partial charge in [-0.3, -0.25) is 0 Å². The van der Waals surface area contributed by atoms with E-state index in [2.05, 4.69) is 59.2 Å². The van der Waals surface area contributed by atoms with Gasteiger partial charge < -0.3 is 13.4 Å². The summed E-state index contributed by atoms with van der Waals surface area (Å²) < 4.78 is 57.1. The van der Waals surface area contributed by atoms with E-state index in [1.807, 2.05) is 72.8 Å². The van der Waals surface area contributed by atoms with Crippen LogP contribution >= 0.6 is 0 Å². The maximum Gasteiger partial charge on any atom is 0.164 e. The highest BCUT2D eigenvalue weighted by molar-refractivity contribution is 6.11. The molecule has 0 aliphatic carbocycles. The van der Waals surface area contributed by atoms with Crippen LogP contribution < -0.4 is 0 Å². The maximum absolute atomic E-state index is 8.74. The molecular weight excluding hydrogens is 629 g/mol. The number of fused-ring (bicyclic) bond motifs is 9. The highest BCUT2D eigenvalue weighted by atomic mass is 16.3. The lowest BCUT2D eigenvalue weighted by molar-refractivity contribution is 0.668. The summed E-state index contributed by atoms with van der Waals surface area (Å²) >= 11 is 0. The number of benzene rings is 7. The molecule has 0 bridgehead atoms. The largest absolute Gasteiger partial charge is 0.456 e. The van der Waals surface area contributed by atoms with Crippen LogP contribution in [0.5, 0.6) is 0 Å². The Morgan fingerprint density at radius 3 is 1.57 bits per heavy atom. The van der Waals surface area contributed by atoms with Gasteiger partial charge in [-0.2, -0.15) is 0 Å². The molecule has 51 heavy (non-hydrogen) atoms. The van der Waals surface area contributed by atoms with Crippen molar-refractivity contribution in [3.05, 3.63) is 158 Å². The molecule has 0 unspecified atom stereocenters. The highest BCUT2D eigenvalue weighted by Gasteiger charge is 2.18. The number of para-hydroxylation sites is 3. The van der Waals surface area contributed by atoms with Gasteiger partial charge >= 0.3 is 0 Å². The summed E-state index contributed by atoms with van der Waals surface area (Å²) in [6.45, 7) is 0. The Morgan fingerprint density at radius 2 is 0.922 bits per heavy atom. The molecule has 6 nitrogen and oxygen atoms in total. The monoisotopic (exact) mass is 659 g/mol. The van der Waals surface area contributed by atoms with E-state index in [0.29, 0.717) is 27.9 Å². The normalized spacial score (nSPS) is 13.3. The van der Waals surface area contributed by atoms with Gasteiger partial charge in [0.15, 0.2) is 17.5 Å². The molecule has 4 heterocycles. The summed E-state index contributed by atoms with van der Waals surface area (Å²) in [5.74, 6) is 0.510. The second-order valence-corrected chi connectivity index (χ2v) is 12.5. The Kier molecular flexibility index (Phi) is 4.91. The van der Waals surface area contributed by atoms with Crippen LogP contribution in [0.25, 0.3) is 106 Å². The molecule has 238 valence electrons. The molecule has 7 aromatic carbocycles. The predicted octanol–water partition coefficient (Wildman–Crippen LogP) is 11.8. The predicted molar refractivity (Wildman–Crippen MR) is 205 cm³/mol. The van der Waals surface area contributed by atoms with Crippen LogP contribution in [0.4, 0.5) is 0 Å². The van der Waals surface area contributed by atoms with Crippen LogP contribution in [-0.4, -0.2) is 19.5 Å². The van der Waals surface area contributed by atoms with E-state index in [1.54, 1.807) is 0 Å². The molecule has 0 fully saturated rings. The maximum atomic E-state index is 8.74. The molecule has 0 aliphatic heterocycles. The van der Waals surface area contributed by atoms with E-state index in [4.69, 9.17) is 30.6 Å². The summed E-state index contributed by atoms with van der Waals surface area (Å²) in [7, 11) is 0. The average molecular weight is 660 g/mol. The van der Waals surface area contributed by atoms with Gasteiger partial charge in [-0.1, -0.05) is 84.8 Å². The Labute approximate surface area is 297 Å². The Morgan fingerprint density at radius 1 is 0.412 bits per heavy atom. The van der Waals surface area contributed by atoms with Gasteiger partial charge in [0.1, 0.15) is 22.3 Å². The first-order valence-corrected chi connectivity index (χ1v) is 16.5. The van der Waals surface area contributed by atoms with Gasteiger partial charge in [-0.25, -0.2) is 15.0 Å². The van der Waals surface area contributed by atoms with E-state index in [-0.39, 0.29) is 23.0 Å². The van der Waals surface area contributed by atoms with Crippen molar-refractivity contribution < 1.29 is 15.7 Å².